The highest BCUT2D eigenvalue weighted by Crippen LogP contribution is 2.00. The maximum absolute atomic E-state index is 11.6. The smallest absolute Gasteiger partial charge is 0.325 e. The zero-order chi connectivity index (χ0) is 15.1. The largest absolute Gasteiger partial charge is 0.460 e. The molecule has 0 aliphatic heterocycles. The molecule has 1 heterocycles. The summed E-state index contributed by atoms with van der Waals surface area (Å²) in [6.07, 6.45) is 0. The Bertz CT molecular complexity index is 662. The van der Waals surface area contributed by atoms with Crippen molar-refractivity contribution in [2.75, 3.05) is 6.54 Å². The quantitative estimate of drug-likeness (QED) is 0.767. The van der Waals surface area contributed by atoms with Gasteiger partial charge < -0.3 is 10.1 Å². The van der Waals surface area contributed by atoms with E-state index in [1.165, 1.54) is 12.1 Å². The first-order valence-corrected chi connectivity index (χ1v) is 6.18. The number of aromatic amines is 1. The van der Waals surface area contributed by atoms with Crippen molar-refractivity contribution in [2.45, 2.75) is 6.61 Å². The lowest BCUT2D eigenvalue weighted by Crippen LogP contribution is -2.31. The van der Waals surface area contributed by atoms with Gasteiger partial charge in [0.1, 0.15) is 18.8 Å². The van der Waals surface area contributed by atoms with Crippen LogP contribution in [0, 0.1) is 0 Å². The summed E-state index contributed by atoms with van der Waals surface area (Å²) in [4.78, 5) is 33.9. The first-order chi connectivity index (χ1) is 10.1. The number of hydrogen-bond donors (Lipinski definition) is 2. The molecule has 1 aromatic carbocycles. The number of carbonyl (C=O) groups is 2. The van der Waals surface area contributed by atoms with Crippen molar-refractivity contribution in [1.29, 1.82) is 0 Å². The number of ether oxygens (including phenoxy) is 1. The van der Waals surface area contributed by atoms with Crippen LogP contribution >= 0.6 is 0 Å². The molecule has 7 nitrogen and oxygen atoms in total. The average molecular weight is 287 g/mol. The number of hydrogen-bond acceptors (Lipinski definition) is 5. The second kappa shape index (κ2) is 6.99. The molecule has 7 heteroatoms. The molecular weight excluding hydrogens is 274 g/mol. The van der Waals surface area contributed by atoms with Gasteiger partial charge in [-0.2, -0.15) is 5.10 Å². The molecule has 0 saturated heterocycles. The Hall–Kier alpha value is -2.96. The van der Waals surface area contributed by atoms with Gasteiger partial charge in [0.15, 0.2) is 0 Å². The van der Waals surface area contributed by atoms with Crippen molar-refractivity contribution in [3.63, 3.8) is 0 Å². The standard InChI is InChI=1S/C14H13N3O4/c18-12-7-6-11(16-17-12)14(20)15-8-13(19)21-9-10-4-2-1-3-5-10/h1-7H,8-9H2,(H,15,20)(H,17,18). The van der Waals surface area contributed by atoms with Crippen LogP contribution in [0.2, 0.25) is 0 Å². The van der Waals surface area contributed by atoms with Crippen LogP contribution in [0.25, 0.3) is 0 Å². The number of nitrogens with zero attached hydrogens (tertiary/aromatic N) is 1. The summed E-state index contributed by atoms with van der Waals surface area (Å²) in [5.41, 5.74) is 0.471. The van der Waals surface area contributed by atoms with Crippen molar-refractivity contribution < 1.29 is 14.3 Å². The fourth-order valence-corrected chi connectivity index (χ4v) is 1.50. The molecule has 0 aliphatic carbocycles. The van der Waals surface area contributed by atoms with Gasteiger partial charge >= 0.3 is 5.97 Å². The summed E-state index contributed by atoms with van der Waals surface area (Å²) in [5, 5.41) is 8.04. The molecule has 1 amide bonds. The molecule has 0 unspecified atom stereocenters. The van der Waals surface area contributed by atoms with Crippen LogP contribution in [0.1, 0.15) is 16.1 Å². The summed E-state index contributed by atoms with van der Waals surface area (Å²) in [7, 11) is 0. The molecule has 21 heavy (non-hydrogen) atoms. The van der Waals surface area contributed by atoms with E-state index in [9.17, 15) is 14.4 Å². The summed E-state index contributed by atoms with van der Waals surface area (Å²) in [6, 6.07) is 11.6. The van der Waals surface area contributed by atoms with Crippen LogP contribution in [0.4, 0.5) is 0 Å². The number of benzene rings is 1. The normalized spacial score (nSPS) is 9.90. The van der Waals surface area contributed by atoms with Gasteiger partial charge in [0.05, 0.1) is 0 Å². The average Bonchev–Trinajstić information content (AvgIpc) is 2.52. The van der Waals surface area contributed by atoms with Crippen molar-refractivity contribution in [1.82, 2.24) is 15.5 Å². The Morgan fingerprint density at radius 3 is 2.57 bits per heavy atom. The van der Waals surface area contributed by atoms with E-state index in [4.69, 9.17) is 4.74 Å². The van der Waals surface area contributed by atoms with Gasteiger partial charge in [0, 0.05) is 6.07 Å². The zero-order valence-corrected chi connectivity index (χ0v) is 11.0. The van der Waals surface area contributed by atoms with E-state index in [-0.39, 0.29) is 18.8 Å². The molecule has 2 rings (SSSR count). The molecule has 0 atom stereocenters. The number of aromatic nitrogens is 2. The monoisotopic (exact) mass is 287 g/mol. The Kier molecular flexibility index (Phi) is 4.81. The first kappa shape index (κ1) is 14.4. The fraction of sp³-hybridized carbons (Fsp3) is 0.143. The van der Waals surface area contributed by atoms with E-state index >= 15 is 0 Å². The molecular formula is C14H13N3O4. The summed E-state index contributed by atoms with van der Waals surface area (Å²) in [5.74, 6) is -1.13. The molecule has 2 N–H and O–H groups in total. The van der Waals surface area contributed by atoms with Crippen LogP contribution in [-0.4, -0.2) is 28.6 Å². The zero-order valence-electron chi connectivity index (χ0n) is 11.0. The second-order valence-electron chi connectivity index (χ2n) is 4.14. The number of rotatable bonds is 5. The Balaban J connectivity index is 1.77. The molecule has 2 aromatic rings. The van der Waals surface area contributed by atoms with Gasteiger partial charge in [-0.25, -0.2) is 5.10 Å². The van der Waals surface area contributed by atoms with Crippen LogP contribution in [0.3, 0.4) is 0 Å². The van der Waals surface area contributed by atoms with E-state index in [0.717, 1.165) is 5.56 Å². The number of nitrogens with one attached hydrogen (secondary N) is 2. The molecule has 108 valence electrons. The van der Waals surface area contributed by atoms with Crippen molar-refractivity contribution >= 4 is 11.9 Å². The van der Waals surface area contributed by atoms with Gasteiger partial charge in [-0.05, 0) is 11.6 Å². The lowest BCUT2D eigenvalue weighted by Gasteiger charge is -2.06. The van der Waals surface area contributed by atoms with E-state index in [1.54, 1.807) is 0 Å². The molecule has 1 aromatic heterocycles. The Morgan fingerprint density at radius 1 is 1.14 bits per heavy atom. The van der Waals surface area contributed by atoms with Crippen LogP contribution in [0.5, 0.6) is 0 Å². The van der Waals surface area contributed by atoms with Gasteiger partial charge in [0.25, 0.3) is 11.5 Å². The third-order valence-corrected chi connectivity index (χ3v) is 2.55. The third-order valence-electron chi connectivity index (χ3n) is 2.55. The lowest BCUT2D eigenvalue weighted by atomic mass is 10.2. The lowest BCUT2D eigenvalue weighted by molar-refractivity contribution is -0.143. The molecule has 0 fully saturated rings. The summed E-state index contributed by atoms with van der Waals surface area (Å²) >= 11 is 0. The highest BCUT2D eigenvalue weighted by Gasteiger charge is 2.10. The second-order valence-corrected chi connectivity index (χ2v) is 4.14. The highest BCUT2D eigenvalue weighted by molar-refractivity contribution is 5.93. The predicted molar refractivity (Wildman–Crippen MR) is 73.4 cm³/mol. The third kappa shape index (κ3) is 4.57. The topological polar surface area (TPSA) is 101 Å². The van der Waals surface area contributed by atoms with Gasteiger partial charge in [-0.15, -0.1) is 0 Å². The first-order valence-electron chi connectivity index (χ1n) is 6.18. The van der Waals surface area contributed by atoms with Gasteiger partial charge in [0.2, 0.25) is 0 Å². The van der Waals surface area contributed by atoms with E-state index in [2.05, 4.69) is 15.5 Å². The molecule has 0 radical (unpaired) electrons. The minimum atomic E-state index is -0.567. The minimum absolute atomic E-state index is 0.0189. The van der Waals surface area contributed by atoms with Crippen LogP contribution < -0.4 is 10.9 Å². The number of H-pyrrole nitrogens is 1. The maximum Gasteiger partial charge on any atom is 0.325 e. The van der Waals surface area contributed by atoms with E-state index in [0.29, 0.717) is 0 Å². The van der Waals surface area contributed by atoms with Gasteiger partial charge in [-0.3, -0.25) is 14.4 Å². The number of amides is 1. The molecule has 0 saturated carbocycles. The van der Waals surface area contributed by atoms with E-state index in [1.807, 2.05) is 30.3 Å². The Morgan fingerprint density at radius 2 is 1.90 bits per heavy atom. The molecule has 0 spiro atoms. The highest BCUT2D eigenvalue weighted by atomic mass is 16.5. The van der Waals surface area contributed by atoms with Crippen LogP contribution in [-0.2, 0) is 16.1 Å². The van der Waals surface area contributed by atoms with Crippen molar-refractivity contribution in [2.24, 2.45) is 0 Å². The van der Waals surface area contributed by atoms with Crippen molar-refractivity contribution in [3.05, 3.63) is 64.1 Å². The Labute approximate surface area is 120 Å². The van der Waals surface area contributed by atoms with Crippen LogP contribution in [0.15, 0.2) is 47.3 Å². The predicted octanol–water partition coefficient (Wildman–Crippen LogP) is 0.243. The summed E-state index contributed by atoms with van der Waals surface area (Å²) < 4.78 is 5.00. The van der Waals surface area contributed by atoms with Gasteiger partial charge in [-0.1, -0.05) is 30.3 Å². The van der Waals surface area contributed by atoms with E-state index < -0.39 is 17.4 Å². The SMILES string of the molecule is O=C(CNC(=O)c1ccc(=O)[nH]n1)OCc1ccccc1. The molecule has 0 bridgehead atoms. The molecule has 0 aliphatic rings. The number of carbonyl (C=O) groups excluding carboxylic acids is 2. The summed E-state index contributed by atoms with van der Waals surface area (Å²) in [6.45, 7) is -0.126. The van der Waals surface area contributed by atoms with Crippen molar-refractivity contribution in [3.8, 4) is 0 Å². The number of esters is 1. The maximum atomic E-state index is 11.6. The fourth-order valence-electron chi connectivity index (χ4n) is 1.50. The minimum Gasteiger partial charge on any atom is -0.460 e.